The molecule has 8 nitrogen and oxygen atoms in total. The lowest BCUT2D eigenvalue weighted by molar-refractivity contribution is -0.384. The summed E-state index contributed by atoms with van der Waals surface area (Å²) in [6.45, 7) is 3.70. The van der Waals surface area contributed by atoms with Crippen LogP contribution in [0, 0.1) is 16.0 Å². The molecule has 1 fully saturated rings. The van der Waals surface area contributed by atoms with Crippen LogP contribution in [0.5, 0.6) is 0 Å². The molecule has 2 aromatic rings. The van der Waals surface area contributed by atoms with E-state index in [0.29, 0.717) is 22.2 Å². The van der Waals surface area contributed by atoms with Crippen molar-refractivity contribution in [3.8, 4) is 0 Å². The lowest BCUT2D eigenvalue weighted by Gasteiger charge is -2.28. The quantitative estimate of drug-likeness (QED) is 0.533. The Labute approximate surface area is 184 Å². The maximum absolute atomic E-state index is 12.9. The summed E-state index contributed by atoms with van der Waals surface area (Å²) in [7, 11) is 0. The average molecular weight is 443 g/mol. The number of hydrogen-bond acceptors (Lipinski definition) is 6. The molecule has 1 aliphatic heterocycles. The topological polar surface area (TPSA) is 119 Å². The Morgan fingerprint density at radius 3 is 2.68 bits per heavy atom. The van der Waals surface area contributed by atoms with E-state index in [2.05, 4.69) is 12.2 Å². The summed E-state index contributed by atoms with van der Waals surface area (Å²) in [5, 5.41) is 14.9. The lowest BCUT2D eigenvalue weighted by atomic mass is 9.88. The molecular formula is C22H26N4O4S. The first kappa shape index (κ1) is 21.3. The van der Waals surface area contributed by atoms with Crippen LogP contribution in [0.4, 0.5) is 16.4 Å². The van der Waals surface area contributed by atoms with Crippen LogP contribution in [-0.4, -0.2) is 29.8 Å². The molecule has 2 aliphatic rings. The zero-order chi connectivity index (χ0) is 22.1. The van der Waals surface area contributed by atoms with Crippen molar-refractivity contribution in [1.82, 2.24) is 0 Å². The highest BCUT2D eigenvalue weighted by atomic mass is 32.1. The van der Waals surface area contributed by atoms with Gasteiger partial charge in [0.1, 0.15) is 10.7 Å². The Balaban J connectivity index is 1.63. The highest BCUT2D eigenvalue weighted by Crippen LogP contribution is 2.40. The molecule has 0 unspecified atom stereocenters. The zero-order valence-corrected chi connectivity index (χ0v) is 18.3. The average Bonchev–Trinajstić information content (AvgIpc) is 3.10. The van der Waals surface area contributed by atoms with Crippen molar-refractivity contribution in [3.63, 3.8) is 0 Å². The molecule has 1 atom stereocenters. The SMILES string of the molecule is C[C@@H]1CCc2c(sc(NC(=O)c3ccc(N4CCCCC4)c([N+](=O)[O-])c3)c2C(N)=O)C1. The molecule has 0 spiro atoms. The number of piperidine rings is 1. The van der Waals surface area contributed by atoms with E-state index in [1.54, 1.807) is 12.1 Å². The molecule has 164 valence electrons. The molecule has 1 aliphatic carbocycles. The van der Waals surface area contributed by atoms with Gasteiger partial charge in [0.15, 0.2) is 0 Å². The van der Waals surface area contributed by atoms with Crippen molar-refractivity contribution in [2.45, 2.75) is 45.4 Å². The summed E-state index contributed by atoms with van der Waals surface area (Å²) in [5.41, 5.74) is 7.57. The highest BCUT2D eigenvalue weighted by Gasteiger charge is 2.28. The van der Waals surface area contributed by atoms with E-state index in [1.165, 1.54) is 17.4 Å². The Morgan fingerprint density at radius 2 is 2.00 bits per heavy atom. The minimum atomic E-state index is -0.561. The van der Waals surface area contributed by atoms with Gasteiger partial charge in [-0.2, -0.15) is 0 Å². The predicted molar refractivity (Wildman–Crippen MR) is 121 cm³/mol. The summed E-state index contributed by atoms with van der Waals surface area (Å²) < 4.78 is 0. The van der Waals surface area contributed by atoms with Crippen LogP contribution >= 0.6 is 11.3 Å². The molecule has 1 aromatic carbocycles. The number of benzene rings is 1. The number of nitro benzene ring substituents is 1. The van der Waals surface area contributed by atoms with Gasteiger partial charge in [0.25, 0.3) is 17.5 Å². The molecular weight excluding hydrogens is 416 g/mol. The van der Waals surface area contributed by atoms with E-state index in [-0.39, 0.29) is 11.3 Å². The molecule has 2 heterocycles. The largest absolute Gasteiger partial charge is 0.366 e. The second kappa shape index (κ2) is 8.66. The summed E-state index contributed by atoms with van der Waals surface area (Å²) in [5.74, 6) is -0.531. The standard InChI is InChI=1S/C22H26N4O4S/c1-13-5-7-15-18(11-13)31-22(19(15)20(23)27)24-21(28)14-6-8-16(17(12-14)26(29)30)25-9-3-2-4-10-25/h6,8,12-13H,2-5,7,9-11H2,1H3,(H2,23,27)(H,24,28)/t13-/m1/s1. The fourth-order valence-electron chi connectivity index (χ4n) is 4.49. The number of amides is 2. The molecule has 0 radical (unpaired) electrons. The third-order valence-corrected chi connectivity index (χ3v) is 7.29. The van der Waals surface area contributed by atoms with Crippen LogP contribution < -0.4 is 16.0 Å². The molecule has 0 saturated carbocycles. The molecule has 9 heteroatoms. The van der Waals surface area contributed by atoms with Crippen LogP contribution in [0.15, 0.2) is 18.2 Å². The van der Waals surface area contributed by atoms with E-state index in [9.17, 15) is 19.7 Å². The fourth-order valence-corrected chi connectivity index (χ4v) is 5.90. The third kappa shape index (κ3) is 4.27. The van der Waals surface area contributed by atoms with E-state index < -0.39 is 16.7 Å². The smallest absolute Gasteiger partial charge is 0.293 e. The highest BCUT2D eigenvalue weighted by molar-refractivity contribution is 7.17. The molecule has 2 amide bonds. The predicted octanol–water partition coefficient (Wildman–Crippen LogP) is 4.12. The number of nitro groups is 1. The maximum atomic E-state index is 12.9. The van der Waals surface area contributed by atoms with Crippen LogP contribution in [0.2, 0.25) is 0 Å². The number of rotatable bonds is 5. The summed E-state index contributed by atoms with van der Waals surface area (Å²) in [6.07, 6.45) is 5.70. The number of carbonyl (C=O) groups excluding carboxylic acids is 2. The van der Waals surface area contributed by atoms with Gasteiger partial charge < -0.3 is 16.0 Å². The second-order valence-corrected chi connectivity index (χ2v) is 9.49. The number of primary amides is 1. The van der Waals surface area contributed by atoms with Crippen molar-refractivity contribution in [2.75, 3.05) is 23.3 Å². The Bertz CT molecular complexity index is 1040. The zero-order valence-electron chi connectivity index (χ0n) is 17.5. The summed E-state index contributed by atoms with van der Waals surface area (Å²) >= 11 is 1.38. The molecule has 0 bridgehead atoms. The van der Waals surface area contributed by atoms with Crippen LogP contribution in [0.3, 0.4) is 0 Å². The Hall–Kier alpha value is -2.94. The van der Waals surface area contributed by atoms with Crippen molar-refractivity contribution >= 4 is 39.5 Å². The van der Waals surface area contributed by atoms with E-state index in [1.807, 2.05) is 4.90 Å². The van der Waals surface area contributed by atoms with Gasteiger partial charge in [0, 0.05) is 29.6 Å². The van der Waals surface area contributed by atoms with E-state index in [0.717, 1.165) is 62.1 Å². The van der Waals surface area contributed by atoms with Crippen molar-refractivity contribution < 1.29 is 14.5 Å². The number of nitrogens with two attached hydrogens (primary N) is 1. The minimum absolute atomic E-state index is 0.0797. The number of thiophene rings is 1. The molecule has 3 N–H and O–H groups in total. The molecule has 4 rings (SSSR count). The lowest BCUT2D eigenvalue weighted by Crippen LogP contribution is -2.30. The second-order valence-electron chi connectivity index (χ2n) is 8.38. The number of nitrogens with one attached hydrogen (secondary N) is 1. The van der Waals surface area contributed by atoms with Gasteiger partial charge in [0.05, 0.1) is 10.5 Å². The monoisotopic (exact) mass is 442 g/mol. The number of anilines is 2. The Kier molecular flexibility index (Phi) is 5.95. The maximum Gasteiger partial charge on any atom is 0.293 e. The molecule has 31 heavy (non-hydrogen) atoms. The Morgan fingerprint density at radius 1 is 1.26 bits per heavy atom. The van der Waals surface area contributed by atoms with Crippen molar-refractivity contribution in [2.24, 2.45) is 11.7 Å². The fraction of sp³-hybridized carbons (Fsp3) is 0.455. The first-order chi connectivity index (χ1) is 14.8. The first-order valence-corrected chi connectivity index (χ1v) is 11.5. The van der Waals surface area contributed by atoms with Crippen LogP contribution in [-0.2, 0) is 12.8 Å². The number of fused-ring (bicyclic) bond motifs is 1. The number of carbonyl (C=O) groups is 2. The number of hydrogen-bond donors (Lipinski definition) is 2. The van der Waals surface area contributed by atoms with Crippen LogP contribution in [0.1, 0.15) is 63.8 Å². The number of nitrogens with zero attached hydrogens (tertiary/aromatic N) is 2. The summed E-state index contributed by atoms with van der Waals surface area (Å²) in [6, 6.07) is 4.57. The van der Waals surface area contributed by atoms with Gasteiger partial charge in [-0.25, -0.2) is 0 Å². The minimum Gasteiger partial charge on any atom is -0.366 e. The van der Waals surface area contributed by atoms with E-state index in [4.69, 9.17) is 5.73 Å². The first-order valence-electron chi connectivity index (χ1n) is 10.6. The van der Waals surface area contributed by atoms with E-state index >= 15 is 0 Å². The third-order valence-electron chi connectivity index (χ3n) is 6.12. The van der Waals surface area contributed by atoms with Gasteiger partial charge in [-0.05, 0) is 62.1 Å². The van der Waals surface area contributed by atoms with Gasteiger partial charge >= 0.3 is 0 Å². The van der Waals surface area contributed by atoms with Crippen LogP contribution in [0.25, 0.3) is 0 Å². The summed E-state index contributed by atoms with van der Waals surface area (Å²) in [4.78, 5) is 39.4. The van der Waals surface area contributed by atoms with Gasteiger partial charge in [-0.1, -0.05) is 6.92 Å². The van der Waals surface area contributed by atoms with Gasteiger partial charge in [0.2, 0.25) is 0 Å². The van der Waals surface area contributed by atoms with Crippen molar-refractivity contribution in [1.29, 1.82) is 0 Å². The molecule has 1 aromatic heterocycles. The van der Waals surface area contributed by atoms with Gasteiger partial charge in [-0.3, -0.25) is 19.7 Å². The normalized spacial score (nSPS) is 18.4. The molecule has 1 saturated heterocycles. The van der Waals surface area contributed by atoms with Crippen molar-refractivity contribution in [3.05, 3.63) is 49.9 Å². The van der Waals surface area contributed by atoms with Gasteiger partial charge in [-0.15, -0.1) is 11.3 Å².